The largest absolute Gasteiger partial charge is 0.488 e. The minimum absolute atomic E-state index is 0.107. The van der Waals surface area contributed by atoms with Crippen molar-refractivity contribution in [1.82, 2.24) is 5.32 Å². The van der Waals surface area contributed by atoms with Crippen LogP contribution in [0.2, 0.25) is 0 Å². The van der Waals surface area contributed by atoms with Crippen LogP contribution in [0, 0.1) is 0 Å². The van der Waals surface area contributed by atoms with Crippen molar-refractivity contribution in [1.29, 1.82) is 0 Å². The van der Waals surface area contributed by atoms with Gasteiger partial charge in [0.05, 0.1) is 4.47 Å². The average molecular weight is 402 g/mol. The molecule has 1 saturated carbocycles. The van der Waals surface area contributed by atoms with Crippen molar-refractivity contribution < 1.29 is 9.53 Å². The van der Waals surface area contributed by atoms with Crippen molar-refractivity contribution >= 4 is 22.3 Å². The lowest BCUT2D eigenvalue weighted by Crippen LogP contribution is -2.47. The van der Waals surface area contributed by atoms with Gasteiger partial charge in [-0.2, -0.15) is 0 Å². The molecule has 2 aromatic carbocycles. The summed E-state index contributed by atoms with van der Waals surface area (Å²) in [5, 5.41) is 3.11. The predicted molar refractivity (Wildman–Crippen MR) is 104 cm³/mol. The predicted octanol–water partition coefficient (Wildman–Crippen LogP) is 5.02. The van der Waals surface area contributed by atoms with Crippen molar-refractivity contribution in [2.45, 2.75) is 50.7 Å². The number of hydrogen-bond acceptors (Lipinski definition) is 2. The van der Waals surface area contributed by atoms with E-state index < -0.39 is 0 Å². The van der Waals surface area contributed by atoms with Gasteiger partial charge in [-0.15, -0.1) is 0 Å². The van der Waals surface area contributed by atoms with Crippen molar-refractivity contribution in [3.63, 3.8) is 0 Å². The Labute approximate surface area is 157 Å². The van der Waals surface area contributed by atoms with Gasteiger partial charge in [0.25, 0.3) is 0 Å². The lowest BCUT2D eigenvalue weighted by atomic mass is 9.77. The van der Waals surface area contributed by atoms with Crippen LogP contribution in [0.15, 0.2) is 53.0 Å². The highest BCUT2D eigenvalue weighted by Crippen LogP contribution is 2.34. The molecule has 0 heterocycles. The highest BCUT2D eigenvalue weighted by atomic mass is 79.9. The van der Waals surface area contributed by atoms with Crippen molar-refractivity contribution in [3.8, 4) is 5.75 Å². The van der Waals surface area contributed by atoms with Crippen LogP contribution in [-0.2, 0) is 17.8 Å². The number of carbonyl (C=O) groups excluding carboxylic acids is 1. The fourth-order valence-electron chi connectivity index (χ4n) is 3.62. The van der Waals surface area contributed by atoms with E-state index in [2.05, 4.69) is 45.5 Å². The van der Waals surface area contributed by atoms with E-state index in [4.69, 9.17) is 4.74 Å². The molecule has 0 bridgehead atoms. The Balaban J connectivity index is 1.72. The number of halogens is 1. The maximum absolute atomic E-state index is 11.1. The third-order valence-electron chi connectivity index (χ3n) is 4.95. The molecule has 0 radical (unpaired) electrons. The van der Waals surface area contributed by atoms with E-state index in [1.165, 1.54) is 24.8 Å². The Bertz CT molecular complexity index is 696. The molecule has 2 aromatic rings. The van der Waals surface area contributed by atoms with Gasteiger partial charge in [-0.25, -0.2) is 0 Å². The first-order valence-corrected chi connectivity index (χ1v) is 9.67. The molecule has 0 unspecified atom stereocenters. The van der Waals surface area contributed by atoms with E-state index in [1.807, 2.05) is 24.3 Å². The molecule has 0 saturated heterocycles. The maximum Gasteiger partial charge on any atom is 0.207 e. The lowest BCUT2D eigenvalue weighted by Gasteiger charge is -2.37. The molecule has 0 spiro atoms. The zero-order valence-corrected chi connectivity index (χ0v) is 15.9. The van der Waals surface area contributed by atoms with Gasteiger partial charge >= 0.3 is 0 Å². The van der Waals surface area contributed by atoms with Gasteiger partial charge in [-0.05, 0) is 58.5 Å². The van der Waals surface area contributed by atoms with Gasteiger partial charge in [0.1, 0.15) is 12.4 Å². The van der Waals surface area contributed by atoms with E-state index in [1.54, 1.807) is 0 Å². The first-order valence-electron chi connectivity index (χ1n) is 8.87. The van der Waals surface area contributed by atoms with Crippen LogP contribution in [-0.4, -0.2) is 11.9 Å². The molecule has 25 heavy (non-hydrogen) atoms. The third kappa shape index (κ3) is 4.85. The number of amides is 1. The van der Waals surface area contributed by atoms with Crippen LogP contribution < -0.4 is 10.1 Å². The molecular weight excluding hydrogens is 378 g/mol. The summed E-state index contributed by atoms with van der Waals surface area (Å²) in [4.78, 5) is 11.1. The third-order valence-corrected chi connectivity index (χ3v) is 5.61. The van der Waals surface area contributed by atoms with Crippen molar-refractivity contribution in [2.75, 3.05) is 0 Å². The standard InChI is InChI=1S/C21H24BrNO2/c22-19-10-9-18(14-21(23-16-24)11-5-2-6-12-21)13-20(19)25-15-17-7-3-1-4-8-17/h1,3-4,7-10,13,16H,2,5-6,11-12,14-15H2,(H,23,24). The number of nitrogens with one attached hydrogen (secondary N) is 1. The summed E-state index contributed by atoms with van der Waals surface area (Å²) in [6, 6.07) is 16.4. The molecule has 3 nitrogen and oxygen atoms in total. The number of rotatable bonds is 7. The smallest absolute Gasteiger partial charge is 0.207 e. The summed E-state index contributed by atoms with van der Waals surface area (Å²) in [6.45, 7) is 0.542. The SMILES string of the molecule is O=CNC1(Cc2ccc(Br)c(OCc3ccccc3)c2)CCCCC1. The zero-order chi connectivity index (χ0) is 17.5. The van der Waals surface area contributed by atoms with Gasteiger partial charge in [0.2, 0.25) is 6.41 Å². The van der Waals surface area contributed by atoms with E-state index in [0.29, 0.717) is 6.61 Å². The number of benzene rings is 2. The van der Waals surface area contributed by atoms with Crippen LogP contribution >= 0.6 is 15.9 Å². The number of ether oxygens (including phenoxy) is 1. The summed E-state index contributed by atoms with van der Waals surface area (Å²) < 4.78 is 6.96. The molecule has 1 N–H and O–H groups in total. The molecule has 1 aliphatic rings. The Morgan fingerprint density at radius 1 is 1.04 bits per heavy atom. The Morgan fingerprint density at radius 3 is 2.52 bits per heavy atom. The number of carbonyl (C=O) groups is 1. The molecule has 0 aliphatic heterocycles. The molecule has 1 aliphatic carbocycles. The van der Waals surface area contributed by atoms with Gasteiger partial charge in [0.15, 0.2) is 0 Å². The minimum Gasteiger partial charge on any atom is -0.488 e. The van der Waals surface area contributed by atoms with Crippen LogP contribution in [0.5, 0.6) is 5.75 Å². The summed E-state index contributed by atoms with van der Waals surface area (Å²) in [5.41, 5.74) is 2.23. The zero-order valence-electron chi connectivity index (χ0n) is 14.3. The van der Waals surface area contributed by atoms with E-state index >= 15 is 0 Å². The molecule has 1 amide bonds. The molecule has 0 atom stereocenters. The second kappa shape index (κ2) is 8.52. The second-order valence-corrected chi connectivity index (χ2v) is 7.67. The lowest BCUT2D eigenvalue weighted by molar-refractivity contribution is -0.111. The van der Waals surface area contributed by atoms with Crippen molar-refractivity contribution in [2.24, 2.45) is 0 Å². The average Bonchev–Trinajstić information content (AvgIpc) is 2.64. The minimum atomic E-state index is -0.107. The van der Waals surface area contributed by atoms with Gasteiger partial charge < -0.3 is 10.1 Å². The normalized spacial score (nSPS) is 16.2. The first kappa shape index (κ1) is 18.0. The van der Waals surface area contributed by atoms with E-state index in [9.17, 15) is 4.79 Å². The summed E-state index contributed by atoms with van der Waals surface area (Å²) in [5.74, 6) is 0.846. The number of hydrogen-bond donors (Lipinski definition) is 1. The summed E-state index contributed by atoms with van der Waals surface area (Å²) in [7, 11) is 0. The molecule has 3 rings (SSSR count). The molecule has 1 fully saturated rings. The van der Waals surface area contributed by atoms with E-state index in [-0.39, 0.29) is 5.54 Å². The van der Waals surface area contributed by atoms with E-state index in [0.717, 1.165) is 41.5 Å². The Kier molecular flexibility index (Phi) is 6.14. The van der Waals surface area contributed by atoms with Gasteiger partial charge in [0, 0.05) is 5.54 Å². The van der Waals surface area contributed by atoms with Crippen molar-refractivity contribution in [3.05, 3.63) is 64.1 Å². The van der Waals surface area contributed by atoms with Gasteiger partial charge in [-0.3, -0.25) is 4.79 Å². The summed E-state index contributed by atoms with van der Waals surface area (Å²) >= 11 is 3.58. The first-order chi connectivity index (χ1) is 12.2. The van der Waals surface area contributed by atoms with Crippen LogP contribution in [0.3, 0.4) is 0 Å². The highest BCUT2D eigenvalue weighted by Gasteiger charge is 2.31. The Morgan fingerprint density at radius 2 is 1.80 bits per heavy atom. The van der Waals surface area contributed by atoms with Crippen LogP contribution in [0.4, 0.5) is 0 Å². The fraction of sp³-hybridized carbons (Fsp3) is 0.381. The molecular formula is C21H24BrNO2. The van der Waals surface area contributed by atoms with Crippen LogP contribution in [0.1, 0.15) is 43.2 Å². The molecule has 0 aromatic heterocycles. The van der Waals surface area contributed by atoms with Crippen LogP contribution in [0.25, 0.3) is 0 Å². The molecule has 132 valence electrons. The fourth-order valence-corrected chi connectivity index (χ4v) is 3.98. The van der Waals surface area contributed by atoms with Gasteiger partial charge in [-0.1, -0.05) is 55.7 Å². The highest BCUT2D eigenvalue weighted by molar-refractivity contribution is 9.10. The Hall–Kier alpha value is -1.81. The monoisotopic (exact) mass is 401 g/mol. The molecule has 4 heteroatoms. The second-order valence-electron chi connectivity index (χ2n) is 6.82. The quantitative estimate of drug-likeness (QED) is 0.661. The summed E-state index contributed by atoms with van der Waals surface area (Å²) in [6.07, 6.45) is 7.40. The maximum atomic E-state index is 11.1. The topological polar surface area (TPSA) is 38.3 Å².